The number of hydrogen-bond donors (Lipinski definition) is 0. The zero-order valence-electron chi connectivity index (χ0n) is 10.5. The molecule has 1 aromatic rings. The molecule has 0 saturated heterocycles. The van der Waals surface area contributed by atoms with Gasteiger partial charge in [0.15, 0.2) is 5.12 Å². The molecule has 0 aliphatic rings. The van der Waals surface area contributed by atoms with E-state index in [0.29, 0.717) is 23.3 Å². The number of thioether (sulfide) groups is 1. The second kappa shape index (κ2) is 6.90. The van der Waals surface area contributed by atoms with Gasteiger partial charge in [-0.3, -0.25) is 14.9 Å². The Morgan fingerprint density at radius 3 is 2.79 bits per heavy atom. The van der Waals surface area contributed by atoms with E-state index in [1.165, 1.54) is 24.8 Å². The molecule has 0 unspecified atom stereocenters. The minimum atomic E-state index is -0.891. The summed E-state index contributed by atoms with van der Waals surface area (Å²) in [4.78, 5) is 20.5. The zero-order chi connectivity index (χ0) is 14.4. The van der Waals surface area contributed by atoms with E-state index in [4.69, 9.17) is 0 Å². The Hall–Kier alpha value is -1.87. The van der Waals surface area contributed by atoms with E-state index in [2.05, 4.69) is 11.8 Å². The Bertz CT molecular complexity index is 575. The van der Waals surface area contributed by atoms with Crippen molar-refractivity contribution in [2.24, 2.45) is 0 Å². The van der Waals surface area contributed by atoms with Gasteiger partial charge in [-0.2, -0.15) is 4.39 Å². The number of hydrogen-bond acceptors (Lipinski definition) is 4. The van der Waals surface area contributed by atoms with Gasteiger partial charge in [0.2, 0.25) is 5.82 Å². The van der Waals surface area contributed by atoms with Crippen LogP contribution in [0.3, 0.4) is 0 Å². The van der Waals surface area contributed by atoms with Gasteiger partial charge in [-0.1, -0.05) is 23.6 Å². The molecule has 19 heavy (non-hydrogen) atoms. The van der Waals surface area contributed by atoms with Gasteiger partial charge in [-0.25, -0.2) is 0 Å². The van der Waals surface area contributed by atoms with Gasteiger partial charge in [-0.15, -0.1) is 0 Å². The molecule has 0 N–H and O–H groups in total. The SMILES string of the molecule is CC(=O)SCCC#Cc1cc(F)c([N+](=O)[O-])cc1C. The Labute approximate surface area is 114 Å². The van der Waals surface area contributed by atoms with Crippen molar-refractivity contribution < 1.29 is 14.1 Å². The van der Waals surface area contributed by atoms with Crippen LogP contribution in [0, 0.1) is 34.7 Å². The standard InChI is InChI=1S/C13H12FNO3S/c1-9-7-13(15(17)18)12(14)8-11(9)5-3-4-6-19-10(2)16/h7-8H,4,6H2,1-2H3. The Kier molecular flexibility index (Phi) is 5.52. The first-order valence-corrected chi connectivity index (χ1v) is 6.47. The monoisotopic (exact) mass is 281 g/mol. The highest BCUT2D eigenvalue weighted by Gasteiger charge is 2.15. The van der Waals surface area contributed by atoms with Gasteiger partial charge < -0.3 is 0 Å². The molecule has 0 heterocycles. The molecule has 100 valence electrons. The van der Waals surface area contributed by atoms with Crippen LogP contribution in [0.25, 0.3) is 0 Å². The third-order valence-electron chi connectivity index (χ3n) is 2.25. The van der Waals surface area contributed by atoms with Crippen molar-refractivity contribution in [2.45, 2.75) is 20.3 Å². The molecule has 0 saturated carbocycles. The maximum atomic E-state index is 13.4. The maximum Gasteiger partial charge on any atom is 0.305 e. The van der Waals surface area contributed by atoms with Crippen molar-refractivity contribution in [3.63, 3.8) is 0 Å². The topological polar surface area (TPSA) is 60.2 Å². The van der Waals surface area contributed by atoms with Crippen molar-refractivity contribution in [3.8, 4) is 11.8 Å². The lowest BCUT2D eigenvalue weighted by Crippen LogP contribution is -1.95. The first-order chi connectivity index (χ1) is 8.91. The van der Waals surface area contributed by atoms with E-state index in [1.54, 1.807) is 6.92 Å². The zero-order valence-corrected chi connectivity index (χ0v) is 11.3. The third-order valence-corrected chi connectivity index (χ3v) is 3.06. The number of aryl methyl sites for hydroxylation is 1. The number of benzene rings is 1. The highest BCUT2D eigenvalue weighted by Crippen LogP contribution is 2.21. The summed E-state index contributed by atoms with van der Waals surface area (Å²) in [6.45, 7) is 3.12. The van der Waals surface area contributed by atoms with Gasteiger partial charge in [-0.05, 0) is 18.6 Å². The molecule has 1 rings (SSSR count). The van der Waals surface area contributed by atoms with E-state index in [0.717, 1.165) is 6.07 Å². The summed E-state index contributed by atoms with van der Waals surface area (Å²) in [5.74, 6) is 5.26. The fourth-order valence-electron chi connectivity index (χ4n) is 1.34. The Morgan fingerprint density at radius 1 is 1.53 bits per heavy atom. The molecular weight excluding hydrogens is 269 g/mol. The number of nitro groups is 1. The smallest absolute Gasteiger partial charge is 0.288 e. The summed E-state index contributed by atoms with van der Waals surface area (Å²) < 4.78 is 13.4. The second-order valence-electron chi connectivity index (χ2n) is 3.77. The Morgan fingerprint density at radius 2 is 2.21 bits per heavy atom. The van der Waals surface area contributed by atoms with E-state index in [9.17, 15) is 19.3 Å². The number of rotatable bonds is 3. The lowest BCUT2D eigenvalue weighted by atomic mass is 10.1. The van der Waals surface area contributed by atoms with E-state index in [1.807, 2.05) is 0 Å². The Balaban J connectivity index is 2.80. The number of halogens is 1. The van der Waals surface area contributed by atoms with Crippen molar-refractivity contribution >= 4 is 22.6 Å². The average Bonchev–Trinajstić information content (AvgIpc) is 2.31. The second-order valence-corrected chi connectivity index (χ2v) is 5.04. The first kappa shape index (κ1) is 15.2. The largest absolute Gasteiger partial charge is 0.305 e. The van der Waals surface area contributed by atoms with E-state index in [-0.39, 0.29) is 5.12 Å². The van der Waals surface area contributed by atoms with Crippen LogP contribution >= 0.6 is 11.8 Å². The lowest BCUT2D eigenvalue weighted by molar-refractivity contribution is -0.387. The van der Waals surface area contributed by atoms with Crippen LogP contribution in [0.15, 0.2) is 12.1 Å². The van der Waals surface area contributed by atoms with Crippen molar-refractivity contribution in [1.82, 2.24) is 0 Å². The molecule has 0 radical (unpaired) electrons. The number of nitro benzene ring substituents is 1. The minimum absolute atomic E-state index is 0.0272. The molecule has 0 aliphatic heterocycles. The average molecular weight is 281 g/mol. The van der Waals surface area contributed by atoms with E-state index >= 15 is 0 Å². The normalized spacial score (nSPS) is 9.63. The molecule has 1 aromatic carbocycles. The molecule has 6 heteroatoms. The lowest BCUT2D eigenvalue weighted by Gasteiger charge is -1.99. The molecule has 0 fully saturated rings. The maximum absolute atomic E-state index is 13.4. The first-order valence-electron chi connectivity index (χ1n) is 5.48. The van der Waals surface area contributed by atoms with Crippen LogP contribution < -0.4 is 0 Å². The minimum Gasteiger partial charge on any atom is -0.288 e. The predicted octanol–water partition coefficient (Wildman–Crippen LogP) is 3.06. The molecule has 0 spiro atoms. The number of carbonyl (C=O) groups is 1. The van der Waals surface area contributed by atoms with Crippen LogP contribution in [0.2, 0.25) is 0 Å². The number of carbonyl (C=O) groups excluding carboxylic acids is 1. The van der Waals surface area contributed by atoms with Gasteiger partial charge in [0, 0.05) is 30.7 Å². The van der Waals surface area contributed by atoms with Crippen molar-refractivity contribution in [1.29, 1.82) is 0 Å². The molecule has 0 bridgehead atoms. The predicted molar refractivity (Wildman–Crippen MR) is 72.4 cm³/mol. The van der Waals surface area contributed by atoms with Crippen LogP contribution in [0.5, 0.6) is 0 Å². The summed E-state index contributed by atoms with van der Waals surface area (Å²) in [5, 5.41) is 10.6. The quantitative estimate of drug-likeness (QED) is 0.370. The number of nitrogens with zero attached hydrogens (tertiary/aromatic N) is 1. The molecule has 0 aliphatic carbocycles. The molecule has 0 amide bonds. The van der Waals surface area contributed by atoms with Crippen LogP contribution in [0.4, 0.5) is 10.1 Å². The van der Waals surface area contributed by atoms with E-state index < -0.39 is 16.4 Å². The summed E-state index contributed by atoms with van der Waals surface area (Å²) in [6, 6.07) is 2.24. The van der Waals surface area contributed by atoms with Crippen LogP contribution in [-0.4, -0.2) is 15.8 Å². The van der Waals surface area contributed by atoms with Crippen molar-refractivity contribution in [2.75, 3.05) is 5.75 Å². The third kappa shape index (κ3) is 4.72. The molecule has 0 atom stereocenters. The summed E-state index contributed by atoms with van der Waals surface area (Å²) in [6.07, 6.45) is 0.502. The fraction of sp³-hybridized carbons (Fsp3) is 0.308. The van der Waals surface area contributed by atoms with Gasteiger partial charge >= 0.3 is 5.69 Å². The molecule has 0 aromatic heterocycles. The highest BCUT2D eigenvalue weighted by atomic mass is 32.2. The highest BCUT2D eigenvalue weighted by molar-refractivity contribution is 8.13. The molecule has 4 nitrogen and oxygen atoms in total. The van der Waals surface area contributed by atoms with Crippen LogP contribution in [-0.2, 0) is 4.79 Å². The summed E-state index contributed by atoms with van der Waals surface area (Å²) >= 11 is 1.18. The van der Waals surface area contributed by atoms with Crippen LogP contribution in [0.1, 0.15) is 24.5 Å². The van der Waals surface area contributed by atoms with Gasteiger partial charge in [0.05, 0.1) is 4.92 Å². The summed E-state index contributed by atoms with van der Waals surface area (Å²) in [5.41, 5.74) is 0.436. The fourth-order valence-corrected chi connectivity index (χ4v) is 1.84. The van der Waals surface area contributed by atoms with Crippen molar-refractivity contribution in [3.05, 3.63) is 39.2 Å². The molecular formula is C13H12FNO3S. The van der Waals surface area contributed by atoms with Gasteiger partial charge in [0.25, 0.3) is 0 Å². The van der Waals surface area contributed by atoms with Gasteiger partial charge in [0.1, 0.15) is 0 Å². The summed E-state index contributed by atoms with van der Waals surface area (Å²) in [7, 11) is 0.